The van der Waals surface area contributed by atoms with Crippen LogP contribution in [0.15, 0.2) is 24.4 Å². The van der Waals surface area contributed by atoms with E-state index in [1.165, 1.54) is 12.3 Å². The highest BCUT2D eigenvalue weighted by Crippen LogP contribution is 2.36. The van der Waals surface area contributed by atoms with Crippen LogP contribution in [0.25, 0.3) is 10.9 Å². The monoisotopic (exact) mass is 265 g/mol. The van der Waals surface area contributed by atoms with Crippen molar-refractivity contribution in [1.82, 2.24) is 4.98 Å². The predicted octanol–water partition coefficient (Wildman–Crippen LogP) is 4.56. The molecule has 1 aromatic carbocycles. The first kappa shape index (κ1) is 11.5. The number of aromatic nitrogens is 1. The molecule has 0 amide bonds. The average Bonchev–Trinajstić information content (AvgIpc) is 2.18. The van der Waals surface area contributed by atoms with E-state index in [1.54, 1.807) is 0 Å². The Kier molecular flexibility index (Phi) is 2.72. The lowest BCUT2D eigenvalue weighted by atomic mass is 10.1. The van der Waals surface area contributed by atoms with E-state index in [0.29, 0.717) is 0 Å². The fraction of sp³-hybridized carbons (Fsp3) is 0.100. The van der Waals surface area contributed by atoms with Crippen LogP contribution >= 0.6 is 23.2 Å². The molecule has 1 heterocycles. The van der Waals surface area contributed by atoms with Crippen molar-refractivity contribution in [2.45, 2.75) is 6.18 Å². The molecule has 0 spiro atoms. The molecule has 1 aromatic heterocycles. The van der Waals surface area contributed by atoms with Crippen LogP contribution in [0, 0.1) is 0 Å². The van der Waals surface area contributed by atoms with Gasteiger partial charge in [-0.25, -0.2) is 0 Å². The maximum atomic E-state index is 12.5. The minimum atomic E-state index is -4.45. The van der Waals surface area contributed by atoms with Crippen molar-refractivity contribution < 1.29 is 13.2 Å². The Hall–Kier alpha value is -1.00. The maximum Gasteiger partial charge on any atom is 0.416 e. The molecule has 0 aliphatic rings. The van der Waals surface area contributed by atoms with Crippen LogP contribution in [-0.2, 0) is 6.18 Å². The minimum absolute atomic E-state index is 0.0627. The summed E-state index contributed by atoms with van der Waals surface area (Å²) in [7, 11) is 0. The van der Waals surface area contributed by atoms with Crippen LogP contribution in [-0.4, -0.2) is 4.98 Å². The Morgan fingerprint density at radius 1 is 1.06 bits per heavy atom. The van der Waals surface area contributed by atoms with Crippen molar-refractivity contribution in [2.75, 3.05) is 0 Å². The molecule has 0 aliphatic heterocycles. The Labute approximate surface area is 98.8 Å². The van der Waals surface area contributed by atoms with Crippen molar-refractivity contribution in [3.63, 3.8) is 0 Å². The number of nitrogens with zero attached hydrogens (tertiary/aromatic N) is 1. The van der Waals surface area contributed by atoms with Gasteiger partial charge in [-0.15, -0.1) is 0 Å². The molecule has 0 saturated heterocycles. The van der Waals surface area contributed by atoms with Gasteiger partial charge < -0.3 is 0 Å². The summed E-state index contributed by atoms with van der Waals surface area (Å²) in [6.45, 7) is 0. The Bertz CT molecular complexity index is 551. The third-order valence-corrected chi connectivity index (χ3v) is 2.69. The van der Waals surface area contributed by atoms with E-state index >= 15 is 0 Å². The average molecular weight is 266 g/mol. The van der Waals surface area contributed by atoms with Crippen molar-refractivity contribution in [3.8, 4) is 0 Å². The molecule has 0 N–H and O–H groups in total. The normalized spacial score (nSPS) is 12.1. The lowest BCUT2D eigenvalue weighted by Gasteiger charge is -2.09. The van der Waals surface area contributed by atoms with E-state index in [-0.39, 0.29) is 20.9 Å². The molecular formula is C10H4Cl2F3N. The molecule has 0 radical (unpaired) electrons. The lowest BCUT2D eigenvalue weighted by molar-refractivity contribution is -0.137. The second kappa shape index (κ2) is 3.79. The summed E-state index contributed by atoms with van der Waals surface area (Å²) < 4.78 is 37.5. The van der Waals surface area contributed by atoms with E-state index in [4.69, 9.17) is 23.2 Å². The highest BCUT2D eigenvalue weighted by molar-refractivity contribution is 6.39. The van der Waals surface area contributed by atoms with Crippen molar-refractivity contribution in [3.05, 3.63) is 40.0 Å². The predicted molar refractivity (Wildman–Crippen MR) is 56.8 cm³/mol. The van der Waals surface area contributed by atoms with Crippen LogP contribution < -0.4 is 0 Å². The topological polar surface area (TPSA) is 12.9 Å². The van der Waals surface area contributed by atoms with Gasteiger partial charge in [0.05, 0.1) is 21.1 Å². The molecule has 0 fully saturated rings. The van der Waals surface area contributed by atoms with Gasteiger partial charge in [-0.1, -0.05) is 23.2 Å². The smallest absolute Gasteiger partial charge is 0.255 e. The van der Waals surface area contributed by atoms with Gasteiger partial charge in [0, 0.05) is 11.6 Å². The Morgan fingerprint density at radius 2 is 1.75 bits per heavy atom. The molecule has 0 aliphatic carbocycles. The van der Waals surface area contributed by atoms with Gasteiger partial charge in [0.15, 0.2) is 0 Å². The summed E-state index contributed by atoms with van der Waals surface area (Å²) in [4.78, 5) is 3.88. The SMILES string of the molecule is FC(F)(F)c1cc(Cl)c2nccc(Cl)c2c1. The second-order valence-corrected chi connectivity index (χ2v) is 3.96. The van der Waals surface area contributed by atoms with Gasteiger partial charge in [0.25, 0.3) is 0 Å². The molecular weight excluding hydrogens is 262 g/mol. The molecule has 16 heavy (non-hydrogen) atoms. The third-order valence-electron chi connectivity index (χ3n) is 2.07. The number of hydrogen-bond donors (Lipinski definition) is 0. The number of benzene rings is 1. The molecule has 2 rings (SSSR count). The molecule has 1 nitrogen and oxygen atoms in total. The minimum Gasteiger partial charge on any atom is -0.255 e. The van der Waals surface area contributed by atoms with Gasteiger partial charge in [-0.3, -0.25) is 4.98 Å². The van der Waals surface area contributed by atoms with Crippen molar-refractivity contribution in [2.24, 2.45) is 0 Å². The fourth-order valence-electron chi connectivity index (χ4n) is 1.34. The summed E-state index contributed by atoms with van der Waals surface area (Å²) in [5, 5.41) is 0.328. The summed E-state index contributed by atoms with van der Waals surface area (Å²) in [6.07, 6.45) is -3.05. The molecule has 2 aromatic rings. The quantitative estimate of drug-likeness (QED) is 0.681. The fourth-order valence-corrected chi connectivity index (χ4v) is 1.81. The van der Waals surface area contributed by atoms with E-state index in [1.807, 2.05) is 0 Å². The summed E-state index contributed by atoms with van der Waals surface area (Å²) in [5.41, 5.74) is -0.568. The number of alkyl halides is 3. The van der Waals surface area contributed by atoms with Crippen LogP contribution in [0.5, 0.6) is 0 Å². The first-order chi connectivity index (χ1) is 7.39. The van der Waals surface area contributed by atoms with Gasteiger partial charge in [-0.2, -0.15) is 13.2 Å². The molecule has 0 bridgehead atoms. The van der Waals surface area contributed by atoms with E-state index in [2.05, 4.69) is 4.98 Å². The van der Waals surface area contributed by atoms with Crippen LogP contribution in [0.4, 0.5) is 13.2 Å². The van der Waals surface area contributed by atoms with Crippen LogP contribution in [0.3, 0.4) is 0 Å². The molecule has 0 saturated carbocycles. The Morgan fingerprint density at radius 3 is 2.38 bits per heavy atom. The van der Waals surface area contributed by atoms with E-state index in [9.17, 15) is 13.2 Å². The molecule has 6 heteroatoms. The number of fused-ring (bicyclic) bond motifs is 1. The summed E-state index contributed by atoms with van der Waals surface area (Å²) in [5.74, 6) is 0. The van der Waals surface area contributed by atoms with Gasteiger partial charge >= 0.3 is 6.18 Å². The number of hydrogen-bond acceptors (Lipinski definition) is 1. The highest BCUT2D eigenvalue weighted by Gasteiger charge is 2.31. The van der Waals surface area contributed by atoms with Gasteiger partial charge in [-0.05, 0) is 18.2 Å². The number of pyridine rings is 1. The zero-order chi connectivity index (χ0) is 11.9. The van der Waals surface area contributed by atoms with Crippen molar-refractivity contribution in [1.29, 1.82) is 0 Å². The molecule has 84 valence electrons. The van der Waals surface area contributed by atoms with E-state index < -0.39 is 11.7 Å². The standard InChI is InChI=1S/C10H4Cl2F3N/c11-7-1-2-16-9-6(7)3-5(4-8(9)12)10(13,14)15/h1-4H. The third kappa shape index (κ3) is 1.95. The largest absolute Gasteiger partial charge is 0.416 e. The molecule has 0 unspecified atom stereocenters. The number of halogens is 5. The maximum absolute atomic E-state index is 12.5. The van der Waals surface area contributed by atoms with Gasteiger partial charge in [0.2, 0.25) is 0 Å². The number of rotatable bonds is 0. The van der Waals surface area contributed by atoms with Crippen LogP contribution in [0.2, 0.25) is 10.0 Å². The first-order valence-corrected chi connectivity index (χ1v) is 4.96. The van der Waals surface area contributed by atoms with E-state index in [0.717, 1.165) is 12.1 Å². The zero-order valence-corrected chi connectivity index (χ0v) is 9.16. The second-order valence-electron chi connectivity index (χ2n) is 3.14. The Balaban J connectivity index is 2.81. The van der Waals surface area contributed by atoms with Crippen LogP contribution in [0.1, 0.15) is 5.56 Å². The molecule has 0 atom stereocenters. The van der Waals surface area contributed by atoms with Gasteiger partial charge in [0.1, 0.15) is 0 Å². The summed E-state index contributed by atoms with van der Waals surface area (Å²) >= 11 is 11.5. The summed E-state index contributed by atoms with van der Waals surface area (Å²) in [6, 6.07) is 3.20. The lowest BCUT2D eigenvalue weighted by Crippen LogP contribution is -2.04. The highest BCUT2D eigenvalue weighted by atomic mass is 35.5. The van der Waals surface area contributed by atoms with Crippen molar-refractivity contribution >= 4 is 34.1 Å². The zero-order valence-electron chi connectivity index (χ0n) is 7.65. The first-order valence-electron chi connectivity index (χ1n) is 4.20.